The highest BCUT2D eigenvalue weighted by molar-refractivity contribution is 5.70. The van der Waals surface area contributed by atoms with Crippen molar-refractivity contribution in [3.8, 4) is 28.7 Å². The highest BCUT2D eigenvalue weighted by Gasteiger charge is 2.33. The first-order valence-electron chi connectivity index (χ1n) is 11.6. The molecular weight excluding hydrogens is 462 g/mol. The maximum Gasteiger partial charge on any atom is 0.410 e. The summed E-state index contributed by atoms with van der Waals surface area (Å²) in [6.45, 7) is 1.01. The predicted molar refractivity (Wildman–Crippen MR) is 134 cm³/mol. The van der Waals surface area contributed by atoms with Crippen LogP contribution in [-0.4, -0.2) is 52.1 Å². The molecule has 3 aromatic carbocycles. The Kier molecular flexibility index (Phi) is 8.05. The number of rotatable bonds is 11. The Labute approximate surface area is 211 Å². The van der Waals surface area contributed by atoms with Crippen molar-refractivity contribution < 1.29 is 33.2 Å². The SMILES string of the molecule is COc1ccc(CC2COC(=O)N2Cc2cc(OC)c(OC)c(OCc3ccccc3)c2)cc1OC. The highest BCUT2D eigenvalue weighted by Crippen LogP contribution is 2.39. The molecule has 0 radical (unpaired) electrons. The van der Waals surface area contributed by atoms with Gasteiger partial charge in [-0.15, -0.1) is 0 Å². The number of hydrogen-bond acceptors (Lipinski definition) is 7. The lowest BCUT2D eigenvalue weighted by Gasteiger charge is -2.23. The second kappa shape index (κ2) is 11.6. The van der Waals surface area contributed by atoms with Gasteiger partial charge in [0.1, 0.15) is 13.2 Å². The third-order valence-corrected chi connectivity index (χ3v) is 6.09. The van der Waals surface area contributed by atoms with E-state index in [1.165, 1.54) is 0 Å². The zero-order valence-electron chi connectivity index (χ0n) is 21.0. The number of nitrogens with zero attached hydrogens (tertiary/aromatic N) is 1. The van der Waals surface area contributed by atoms with E-state index in [4.69, 9.17) is 28.4 Å². The van der Waals surface area contributed by atoms with E-state index in [0.29, 0.717) is 54.9 Å². The van der Waals surface area contributed by atoms with Crippen molar-refractivity contribution in [1.29, 1.82) is 0 Å². The van der Waals surface area contributed by atoms with Crippen LogP contribution in [0.3, 0.4) is 0 Å². The van der Waals surface area contributed by atoms with Gasteiger partial charge in [-0.2, -0.15) is 0 Å². The summed E-state index contributed by atoms with van der Waals surface area (Å²) in [4.78, 5) is 14.4. The average Bonchev–Trinajstić information content (AvgIpc) is 3.25. The van der Waals surface area contributed by atoms with E-state index in [0.717, 1.165) is 16.7 Å². The minimum absolute atomic E-state index is 0.141. The van der Waals surface area contributed by atoms with Gasteiger partial charge in [-0.3, -0.25) is 4.90 Å². The topological polar surface area (TPSA) is 75.7 Å². The normalized spacial score (nSPS) is 14.8. The fourth-order valence-electron chi connectivity index (χ4n) is 4.25. The Morgan fingerprint density at radius 1 is 0.778 bits per heavy atom. The van der Waals surface area contributed by atoms with Crippen LogP contribution in [0.25, 0.3) is 0 Å². The minimum Gasteiger partial charge on any atom is -0.493 e. The molecule has 8 heteroatoms. The van der Waals surface area contributed by atoms with Crippen molar-refractivity contribution in [1.82, 2.24) is 4.90 Å². The van der Waals surface area contributed by atoms with E-state index in [9.17, 15) is 4.79 Å². The second-order valence-electron chi connectivity index (χ2n) is 8.36. The molecule has 1 saturated heterocycles. The first-order valence-corrected chi connectivity index (χ1v) is 11.6. The molecule has 1 atom stereocenters. The van der Waals surface area contributed by atoms with E-state index >= 15 is 0 Å². The molecule has 0 aliphatic carbocycles. The van der Waals surface area contributed by atoms with Crippen molar-refractivity contribution in [3.05, 3.63) is 77.4 Å². The van der Waals surface area contributed by atoms with Crippen LogP contribution < -0.4 is 23.7 Å². The first-order chi connectivity index (χ1) is 17.6. The van der Waals surface area contributed by atoms with Crippen LogP contribution in [0.4, 0.5) is 4.79 Å². The number of carbonyl (C=O) groups is 1. The fraction of sp³-hybridized carbons (Fsp3) is 0.321. The molecule has 1 amide bonds. The molecule has 190 valence electrons. The molecule has 1 heterocycles. The van der Waals surface area contributed by atoms with Crippen molar-refractivity contribution in [2.24, 2.45) is 0 Å². The van der Waals surface area contributed by atoms with Gasteiger partial charge in [-0.25, -0.2) is 4.79 Å². The molecule has 1 aliphatic heterocycles. The van der Waals surface area contributed by atoms with Gasteiger partial charge in [0.05, 0.1) is 34.5 Å². The van der Waals surface area contributed by atoms with Crippen LogP contribution in [0.2, 0.25) is 0 Å². The van der Waals surface area contributed by atoms with E-state index < -0.39 is 0 Å². The molecule has 0 spiro atoms. The van der Waals surface area contributed by atoms with Crippen LogP contribution in [-0.2, 0) is 24.3 Å². The van der Waals surface area contributed by atoms with Gasteiger partial charge in [0.15, 0.2) is 23.0 Å². The van der Waals surface area contributed by atoms with Gasteiger partial charge in [0.25, 0.3) is 0 Å². The largest absolute Gasteiger partial charge is 0.493 e. The summed E-state index contributed by atoms with van der Waals surface area (Å²) in [7, 11) is 6.35. The number of carbonyl (C=O) groups excluding carboxylic acids is 1. The first kappa shape index (κ1) is 25.0. The number of methoxy groups -OCH3 is 4. The highest BCUT2D eigenvalue weighted by atomic mass is 16.6. The zero-order valence-corrected chi connectivity index (χ0v) is 21.0. The molecule has 8 nitrogen and oxygen atoms in total. The van der Waals surface area contributed by atoms with Crippen LogP contribution in [0.5, 0.6) is 28.7 Å². The lowest BCUT2D eigenvalue weighted by molar-refractivity contribution is 0.156. The lowest BCUT2D eigenvalue weighted by atomic mass is 10.0. The third kappa shape index (κ3) is 5.59. The van der Waals surface area contributed by atoms with Gasteiger partial charge >= 0.3 is 6.09 Å². The number of benzene rings is 3. The fourth-order valence-corrected chi connectivity index (χ4v) is 4.25. The van der Waals surface area contributed by atoms with Gasteiger partial charge in [0, 0.05) is 6.54 Å². The number of cyclic esters (lactones) is 1. The summed E-state index contributed by atoms with van der Waals surface area (Å²) < 4.78 is 33.4. The van der Waals surface area contributed by atoms with E-state index in [1.807, 2.05) is 60.7 Å². The monoisotopic (exact) mass is 493 g/mol. The Hall–Kier alpha value is -4.07. The summed E-state index contributed by atoms with van der Waals surface area (Å²) in [6.07, 6.45) is 0.249. The van der Waals surface area contributed by atoms with Gasteiger partial charge in [0.2, 0.25) is 5.75 Å². The summed E-state index contributed by atoms with van der Waals surface area (Å²) in [5, 5.41) is 0. The van der Waals surface area contributed by atoms with Crippen LogP contribution in [0, 0.1) is 0 Å². The standard InChI is InChI=1S/C28H31NO7/c1-31-23-11-10-20(13-24(23)32-2)12-22-18-36-28(30)29(22)16-21-14-25(33-3)27(34-4)26(15-21)35-17-19-8-6-5-7-9-19/h5-11,13-15,22H,12,16-18H2,1-4H3. The van der Waals surface area contributed by atoms with Gasteiger partial charge in [-0.05, 0) is 47.4 Å². The maximum absolute atomic E-state index is 12.6. The minimum atomic E-state index is -0.359. The number of ether oxygens (including phenoxy) is 6. The molecule has 1 aliphatic rings. The van der Waals surface area contributed by atoms with Crippen LogP contribution >= 0.6 is 0 Å². The molecule has 0 N–H and O–H groups in total. The Morgan fingerprint density at radius 3 is 2.17 bits per heavy atom. The maximum atomic E-state index is 12.6. The van der Waals surface area contributed by atoms with E-state index in [1.54, 1.807) is 33.3 Å². The van der Waals surface area contributed by atoms with Gasteiger partial charge < -0.3 is 28.4 Å². The van der Waals surface area contributed by atoms with Gasteiger partial charge in [-0.1, -0.05) is 36.4 Å². The van der Waals surface area contributed by atoms with Crippen molar-refractivity contribution in [2.75, 3.05) is 35.0 Å². The summed E-state index contributed by atoms with van der Waals surface area (Å²) in [6, 6.07) is 19.2. The van der Waals surface area contributed by atoms with Crippen LogP contribution in [0.1, 0.15) is 16.7 Å². The Morgan fingerprint density at radius 2 is 1.47 bits per heavy atom. The van der Waals surface area contributed by atoms with Crippen LogP contribution in [0.15, 0.2) is 60.7 Å². The molecular formula is C28H31NO7. The number of amides is 1. The second-order valence-corrected chi connectivity index (χ2v) is 8.36. The smallest absolute Gasteiger partial charge is 0.410 e. The van der Waals surface area contributed by atoms with Crippen molar-refractivity contribution in [3.63, 3.8) is 0 Å². The summed E-state index contributed by atoms with van der Waals surface area (Å²) in [5.74, 6) is 2.88. The summed E-state index contributed by atoms with van der Waals surface area (Å²) in [5.41, 5.74) is 2.88. The lowest BCUT2D eigenvalue weighted by Crippen LogP contribution is -2.34. The molecule has 1 fully saturated rings. The van der Waals surface area contributed by atoms with Crippen molar-refractivity contribution >= 4 is 6.09 Å². The van der Waals surface area contributed by atoms with E-state index in [-0.39, 0.29) is 12.1 Å². The average molecular weight is 494 g/mol. The zero-order chi connectivity index (χ0) is 25.5. The molecule has 1 unspecified atom stereocenters. The Bertz CT molecular complexity index is 1180. The van der Waals surface area contributed by atoms with E-state index in [2.05, 4.69) is 0 Å². The molecule has 4 rings (SSSR count). The molecule has 0 bridgehead atoms. The number of hydrogen-bond donors (Lipinski definition) is 0. The Balaban J connectivity index is 1.55. The summed E-state index contributed by atoms with van der Waals surface area (Å²) >= 11 is 0. The quantitative estimate of drug-likeness (QED) is 0.377. The molecule has 36 heavy (non-hydrogen) atoms. The van der Waals surface area contributed by atoms with Crippen molar-refractivity contribution in [2.45, 2.75) is 25.6 Å². The molecule has 0 aromatic heterocycles. The third-order valence-electron chi connectivity index (χ3n) is 6.09. The predicted octanol–water partition coefficient (Wildman–Crippen LogP) is 4.86. The molecule has 0 saturated carbocycles. The molecule has 3 aromatic rings.